The highest BCUT2D eigenvalue weighted by Crippen LogP contribution is 2.30. The molecule has 1 rings (SSSR count). The third-order valence-corrected chi connectivity index (χ3v) is 2.76. The van der Waals surface area contributed by atoms with Crippen LogP contribution in [0.3, 0.4) is 0 Å². The molecule has 2 nitrogen and oxygen atoms in total. The second kappa shape index (κ2) is 5.06. The highest BCUT2D eigenvalue weighted by molar-refractivity contribution is 6.39. The maximum atomic E-state index is 9.10. The van der Waals surface area contributed by atoms with E-state index in [9.17, 15) is 0 Å². The Morgan fingerprint density at radius 2 is 1.80 bits per heavy atom. The van der Waals surface area contributed by atoms with Gasteiger partial charge in [0.25, 0.3) is 0 Å². The third-order valence-electron chi connectivity index (χ3n) is 2.13. The molecule has 0 amide bonds. The SMILES string of the molecule is CC(C)(CO)CNc1c(Cl)cccc1Cl. The van der Waals surface area contributed by atoms with Crippen LogP contribution in [-0.2, 0) is 0 Å². The zero-order valence-electron chi connectivity index (χ0n) is 8.85. The molecule has 15 heavy (non-hydrogen) atoms. The molecule has 84 valence electrons. The molecule has 0 radical (unpaired) electrons. The summed E-state index contributed by atoms with van der Waals surface area (Å²) in [5.41, 5.74) is 0.532. The largest absolute Gasteiger partial charge is 0.396 e. The van der Waals surface area contributed by atoms with Gasteiger partial charge in [-0.25, -0.2) is 0 Å². The van der Waals surface area contributed by atoms with E-state index < -0.39 is 0 Å². The summed E-state index contributed by atoms with van der Waals surface area (Å²) in [6.45, 7) is 4.66. The molecule has 0 aromatic heterocycles. The fourth-order valence-electron chi connectivity index (χ4n) is 1.05. The van der Waals surface area contributed by atoms with Gasteiger partial charge in [-0.15, -0.1) is 0 Å². The molecule has 0 saturated heterocycles. The number of halogens is 2. The predicted molar refractivity (Wildman–Crippen MR) is 65.8 cm³/mol. The minimum Gasteiger partial charge on any atom is -0.396 e. The van der Waals surface area contributed by atoms with Crippen molar-refractivity contribution >= 4 is 28.9 Å². The minimum absolute atomic E-state index is 0.113. The standard InChI is InChI=1S/C11H15Cl2NO/c1-11(2,7-15)6-14-10-8(12)4-3-5-9(10)13/h3-5,14-15H,6-7H2,1-2H3. The molecular formula is C11H15Cl2NO. The van der Waals surface area contributed by atoms with Crippen LogP contribution in [0, 0.1) is 5.41 Å². The van der Waals surface area contributed by atoms with Crippen molar-refractivity contribution in [3.05, 3.63) is 28.2 Å². The van der Waals surface area contributed by atoms with Crippen LogP contribution in [0.1, 0.15) is 13.8 Å². The Kier molecular flexibility index (Phi) is 4.26. The number of hydrogen-bond acceptors (Lipinski definition) is 2. The van der Waals surface area contributed by atoms with Crippen molar-refractivity contribution in [3.63, 3.8) is 0 Å². The van der Waals surface area contributed by atoms with Crippen LogP contribution in [-0.4, -0.2) is 18.3 Å². The van der Waals surface area contributed by atoms with Gasteiger partial charge >= 0.3 is 0 Å². The second-order valence-electron chi connectivity index (χ2n) is 4.27. The summed E-state index contributed by atoms with van der Waals surface area (Å²) < 4.78 is 0. The van der Waals surface area contributed by atoms with Crippen LogP contribution in [0.15, 0.2) is 18.2 Å². The molecule has 2 N–H and O–H groups in total. The van der Waals surface area contributed by atoms with E-state index in [0.717, 1.165) is 5.69 Å². The van der Waals surface area contributed by atoms with Crippen molar-refractivity contribution in [3.8, 4) is 0 Å². The second-order valence-corrected chi connectivity index (χ2v) is 5.09. The van der Waals surface area contributed by atoms with Crippen LogP contribution in [0.25, 0.3) is 0 Å². The van der Waals surface area contributed by atoms with Crippen LogP contribution >= 0.6 is 23.2 Å². The number of hydrogen-bond donors (Lipinski definition) is 2. The van der Waals surface area contributed by atoms with E-state index in [1.165, 1.54) is 0 Å². The Labute approximate surface area is 100 Å². The van der Waals surface area contributed by atoms with Crippen LogP contribution in [0.4, 0.5) is 5.69 Å². The molecule has 0 fully saturated rings. The van der Waals surface area contributed by atoms with Crippen LogP contribution in [0.2, 0.25) is 10.0 Å². The first-order chi connectivity index (χ1) is 6.96. The third kappa shape index (κ3) is 3.56. The fourth-order valence-corrected chi connectivity index (χ4v) is 1.58. The number of anilines is 1. The molecule has 0 atom stereocenters. The molecule has 4 heteroatoms. The van der Waals surface area contributed by atoms with Crippen molar-refractivity contribution in [1.29, 1.82) is 0 Å². The van der Waals surface area contributed by atoms with E-state index in [1.54, 1.807) is 18.2 Å². The fraction of sp³-hybridized carbons (Fsp3) is 0.455. The van der Waals surface area contributed by atoms with E-state index in [4.69, 9.17) is 28.3 Å². The molecule has 0 aliphatic heterocycles. The van der Waals surface area contributed by atoms with Crippen molar-refractivity contribution < 1.29 is 5.11 Å². The monoisotopic (exact) mass is 247 g/mol. The van der Waals surface area contributed by atoms with E-state index in [1.807, 2.05) is 13.8 Å². The lowest BCUT2D eigenvalue weighted by Gasteiger charge is -2.23. The van der Waals surface area contributed by atoms with E-state index in [2.05, 4.69) is 5.32 Å². The van der Waals surface area contributed by atoms with Gasteiger partial charge in [0.2, 0.25) is 0 Å². The Morgan fingerprint density at radius 3 is 2.27 bits per heavy atom. The lowest BCUT2D eigenvalue weighted by Crippen LogP contribution is -2.26. The number of aliphatic hydroxyl groups excluding tert-OH is 1. The van der Waals surface area contributed by atoms with Gasteiger partial charge in [-0.3, -0.25) is 0 Å². The molecule has 0 heterocycles. The average Bonchev–Trinajstić information content (AvgIpc) is 2.17. The Morgan fingerprint density at radius 1 is 1.27 bits per heavy atom. The summed E-state index contributed by atoms with van der Waals surface area (Å²) in [6.07, 6.45) is 0. The summed E-state index contributed by atoms with van der Waals surface area (Å²) >= 11 is 12.0. The number of para-hydroxylation sites is 1. The lowest BCUT2D eigenvalue weighted by atomic mass is 9.95. The summed E-state index contributed by atoms with van der Waals surface area (Å²) in [6, 6.07) is 5.36. The summed E-state index contributed by atoms with van der Waals surface area (Å²) in [7, 11) is 0. The summed E-state index contributed by atoms with van der Waals surface area (Å²) in [5, 5.41) is 13.4. The Bertz CT molecular complexity index is 319. The topological polar surface area (TPSA) is 32.3 Å². The maximum absolute atomic E-state index is 9.10. The summed E-state index contributed by atoms with van der Waals surface area (Å²) in [5.74, 6) is 0. The van der Waals surface area contributed by atoms with Gasteiger partial charge in [-0.05, 0) is 12.1 Å². The number of benzene rings is 1. The van der Waals surface area contributed by atoms with Gasteiger partial charge in [0.05, 0.1) is 15.7 Å². The average molecular weight is 248 g/mol. The van der Waals surface area contributed by atoms with Gasteiger partial charge < -0.3 is 10.4 Å². The molecule has 1 aromatic rings. The number of rotatable bonds is 4. The number of nitrogens with one attached hydrogen (secondary N) is 1. The molecule has 1 aromatic carbocycles. The summed E-state index contributed by atoms with van der Waals surface area (Å²) in [4.78, 5) is 0. The number of aliphatic hydroxyl groups is 1. The molecular weight excluding hydrogens is 233 g/mol. The Hall–Kier alpha value is -0.440. The Balaban J connectivity index is 2.73. The first-order valence-corrected chi connectivity index (χ1v) is 5.50. The van der Waals surface area contributed by atoms with E-state index in [-0.39, 0.29) is 12.0 Å². The predicted octanol–water partition coefficient (Wildman–Crippen LogP) is 3.42. The van der Waals surface area contributed by atoms with Crippen LogP contribution in [0.5, 0.6) is 0 Å². The molecule has 0 saturated carbocycles. The molecule has 0 aliphatic rings. The minimum atomic E-state index is -0.192. The maximum Gasteiger partial charge on any atom is 0.0719 e. The zero-order chi connectivity index (χ0) is 11.5. The smallest absolute Gasteiger partial charge is 0.0719 e. The molecule has 0 aliphatic carbocycles. The quantitative estimate of drug-likeness (QED) is 0.855. The van der Waals surface area contributed by atoms with Gasteiger partial charge in [0.1, 0.15) is 0 Å². The van der Waals surface area contributed by atoms with Gasteiger partial charge in [-0.2, -0.15) is 0 Å². The lowest BCUT2D eigenvalue weighted by molar-refractivity contribution is 0.171. The van der Waals surface area contributed by atoms with Crippen LogP contribution < -0.4 is 5.32 Å². The van der Waals surface area contributed by atoms with Crippen molar-refractivity contribution in [2.24, 2.45) is 5.41 Å². The molecule has 0 spiro atoms. The van der Waals surface area contributed by atoms with Gasteiger partial charge in [0, 0.05) is 18.6 Å². The first-order valence-electron chi connectivity index (χ1n) is 4.75. The van der Waals surface area contributed by atoms with Crippen molar-refractivity contribution in [1.82, 2.24) is 0 Å². The van der Waals surface area contributed by atoms with E-state index >= 15 is 0 Å². The first kappa shape index (κ1) is 12.6. The normalized spacial score (nSPS) is 11.5. The van der Waals surface area contributed by atoms with Gasteiger partial charge in [-0.1, -0.05) is 43.1 Å². The van der Waals surface area contributed by atoms with Gasteiger partial charge in [0.15, 0.2) is 0 Å². The van der Waals surface area contributed by atoms with Crippen molar-refractivity contribution in [2.75, 3.05) is 18.5 Å². The zero-order valence-corrected chi connectivity index (χ0v) is 10.4. The highest BCUT2D eigenvalue weighted by atomic mass is 35.5. The molecule has 0 unspecified atom stereocenters. The van der Waals surface area contributed by atoms with Crippen molar-refractivity contribution in [2.45, 2.75) is 13.8 Å². The molecule has 0 bridgehead atoms. The van der Waals surface area contributed by atoms with E-state index in [0.29, 0.717) is 16.6 Å². The highest BCUT2D eigenvalue weighted by Gasteiger charge is 2.17.